The summed E-state index contributed by atoms with van der Waals surface area (Å²) < 4.78 is 3.81. The first-order valence-electron chi connectivity index (χ1n) is 6.70. The summed E-state index contributed by atoms with van der Waals surface area (Å²) in [4.78, 5) is 0. The van der Waals surface area contributed by atoms with Crippen LogP contribution in [0.25, 0.3) is 0 Å². The maximum atomic E-state index is 4.52. The lowest BCUT2D eigenvalue weighted by Crippen LogP contribution is -2.15. The molecule has 0 saturated heterocycles. The Hall–Kier alpha value is -1.62. The van der Waals surface area contributed by atoms with Crippen molar-refractivity contribution in [3.63, 3.8) is 0 Å². The molecule has 0 spiro atoms. The van der Waals surface area contributed by atoms with Gasteiger partial charge in [0, 0.05) is 38.9 Å². The molecule has 0 amide bonds. The predicted octanol–water partition coefficient (Wildman–Crippen LogP) is 1.88. The number of aryl methyl sites for hydroxylation is 3. The van der Waals surface area contributed by atoms with Crippen molar-refractivity contribution < 1.29 is 0 Å². The van der Waals surface area contributed by atoms with E-state index in [1.54, 1.807) is 0 Å². The fourth-order valence-corrected chi connectivity index (χ4v) is 2.13. The third kappa shape index (κ3) is 3.23. The van der Waals surface area contributed by atoms with Crippen LogP contribution in [0.3, 0.4) is 0 Å². The van der Waals surface area contributed by atoms with Gasteiger partial charge in [0.2, 0.25) is 0 Å². The minimum Gasteiger partial charge on any atom is -0.307 e. The maximum absolute atomic E-state index is 4.52. The van der Waals surface area contributed by atoms with Gasteiger partial charge < -0.3 is 5.32 Å². The minimum absolute atomic E-state index is 0.473. The standard InChI is InChI=1S/C14H23N5/c1-10(2)14-6-13(19(5)17-14)8-15-7-12-9-18(4)16-11(12)3/h6,9-10,15H,7-8H2,1-5H3. The third-order valence-corrected chi connectivity index (χ3v) is 3.32. The molecular formula is C14H23N5. The largest absolute Gasteiger partial charge is 0.307 e. The van der Waals surface area contributed by atoms with Crippen molar-refractivity contribution in [2.45, 2.75) is 39.8 Å². The summed E-state index contributed by atoms with van der Waals surface area (Å²) in [6.45, 7) is 8.03. The number of hydrogen-bond donors (Lipinski definition) is 1. The number of rotatable bonds is 5. The van der Waals surface area contributed by atoms with E-state index in [9.17, 15) is 0 Å². The van der Waals surface area contributed by atoms with Gasteiger partial charge in [-0.2, -0.15) is 10.2 Å². The second-order valence-electron chi connectivity index (χ2n) is 5.36. The van der Waals surface area contributed by atoms with Crippen LogP contribution in [0, 0.1) is 6.92 Å². The van der Waals surface area contributed by atoms with Crippen molar-refractivity contribution in [3.8, 4) is 0 Å². The van der Waals surface area contributed by atoms with Crippen molar-refractivity contribution in [2.75, 3.05) is 0 Å². The minimum atomic E-state index is 0.473. The Morgan fingerprint density at radius 1 is 1.21 bits per heavy atom. The van der Waals surface area contributed by atoms with Gasteiger partial charge in [0.25, 0.3) is 0 Å². The van der Waals surface area contributed by atoms with E-state index in [0.29, 0.717) is 5.92 Å². The van der Waals surface area contributed by atoms with E-state index in [1.165, 1.54) is 11.3 Å². The summed E-state index contributed by atoms with van der Waals surface area (Å²) in [6, 6.07) is 2.17. The van der Waals surface area contributed by atoms with Gasteiger partial charge >= 0.3 is 0 Å². The SMILES string of the molecule is Cc1nn(C)cc1CNCc1cc(C(C)C)nn1C. The Balaban J connectivity index is 1.94. The van der Waals surface area contributed by atoms with Crippen LogP contribution in [0.2, 0.25) is 0 Å². The molecule has 0 aromatic carbocycles. The van der Waals surface area contributed by atoms with Crippen molar-refractivity contribution in [3.05, 3.63) is 34.9 Å². The number of hydrogen-bond acceptors (Lipinski definition) is 3. The van der Waals surface area contributed by atoms with Gasteiger partial charge in [-0.15, -0.1) is 0 Å². The van der Waals surface area contributed by atoms with E-state index in [0.717, 1.165) is 24.5 Å². The average Bonchev–Trinajstić information content (AvgIpc) is 2.83. The lowest BCUT2D eigenvalue weighted by atomic mass is 10.1. The zero-order valence-corrected chi connectivity index (χ0v) is 12.4. The lowest BCUT2D eigenvalue weighted by Gasteiger charge is -2.04. The van der Waals surface area contributed by atoms with E-state index >= 15 is 0 Å². The quantitative estimate of drug-likeness (QED) is 0.894. The molecule has 0 atom stereocenters. The van der Waals surface area contributed by atoms with E-state index in [4.69, 9.17) is 0 Å². The highest BCUT2D eigenvalue weighted by Gasteiger charge is 2.08. The van der Waals surface area contributed by atoms with Crippen LogP contribution < -0.4 is 5.32 Å². The number of nitrogens with one attached hydrogen (secondary N) is 1. The zero-order chi connectivity index (χ0) is 14.0. The highest BCUT2D eigenvalue weighted by Crippen LogP contribution is 2.13. The van der Waals surface area contributed by atoms with Crippen LogP contribution in [-0.2, 0) is 27.2 Å². The molecule has 2 heterocycles. The van der Waals surface area contributed by atoms with Crippen LogP contribution in [0.4, 0.5) is 0 Å². The van der Waals surface area contributed by atoms with E-state index in [1.807, 2.05) is 30.4 Å². The highest BCUT2D eigenvalue weighted by atomic mass is 15.3. The molecule has 0 fully saturated rings. The Labute approximate surface area is 114 Å². The molecule has 19 heavy (non-hydrogen) atoms. The van der Waals surface area contributed by atoms with E-state index in [2.05, 4.69) is 41.6 Å². The van der Waals surface area contributed by atoms with Gasteiger partial charge in [0.05, 0.1) is 17.1 Å². The fraction of sp³-hybridized carbons (Fsp3) is 0.571. The number of nitrogens with zero attached hydrogens (tertiary/aromatic N) is 4. The molecule has 2 rings (SSSR count). The van der Waals surface area contributed by atoms with E-state index < -0.39 is 0 Å². The smallest absolute Gasteiger partial charge is 0.0653 e. The molecule has 1 N–H and O–H groups in total. The summed E-state index contributed by atoms with van der Waals surface area (Å²) >= 11 is 0. The van der Waals surface area contributed by atoms with Gasteiger partial charge in [-0.25, -0.2) is 0 Å². The Bertz CT molecular complexity index is 550. The van der Waals surface area contributed by atoms with Gasteiger partial charge in [0.15, 0.2) is 0 Å². The van der Waals surface area contributed by atoms with Crippen LogP contribution in [0.1, 0.15) is 42.4 Å². The molecule has 0 aliphatic rings. The van der Waals surface area contributed by atoms with Crippen LogP contribution >= 0.6 is 0 Å². The summed E-state index contributed by atoms with van der Waals surface area (Å²) in [5.74, 6) is 0.473. The molecule has 0 aliphatic heterocycles. The molecule has 5 nitrogen and oxygen atoms in total. The molecular weight excluding hydrogens is 238 g/mol. The summed E-state index contributed by atoms with van der Waals surface area (Å²) in [7, 11) is 3.95. The molecule has 0 unspecified atom stereocenters. The van der Waals surface area contributed by atoms with Crippen molar-refractivity contribution >= 4 is 0 Å². The number of aromatic nitrogens is 4. The predicted molar refractivity (Wildman–Crippen MR) is 75.8 cm³/mol. The molecule has 0 bridgehead atoms. The monoisotopic (exact) mass is 261 g/mol. The van der Waals surface area contributed by atoms with Crippen LogP contribution in [0.15, 0.2) is 12.3 Å². The lowest BCUT2D eigenvalue weighted by molar-refractivity contribution is 0.619. The molecule has 2 aromatic rings. The van der Waals surface area contributed by atoms with Gasteiger partial charge in [-0.05, 0) is 18.9 Å². The van der Waals surface area contributed by atoms with Crippen molar-refractivity contribution in [1.82, 2.24) is 24.9 Å². The molecule has 5 heteroatoms. The normalized spacial score (nSPS) is 11.5. The fourth-order valence-electron chi connectivity index (χ4n) is 2.13. The summed E-state index contributed by atoms with van der Waals surface area (Å²) in [5.41, 5.74) is 4.69. The average molecular weight is 261 g/mol. The van der Waals surface area contributed by atoms with Gasteiger partial charge in [-0.1, -0.05) is 13.8 Å². The molecule has 2 aromatic heterocycles. The Morgan fingerprint density at radius 3 is 2.47 bits per heavy atom. The van der Waals surface area contributed by atoms with Gasteiger partial charge in [0.1, 0.15) is 0 Å². The molecule has 0 saturated carbocycles. The first-order chi connectivity index (χ1) is 8.97. The third-order valence-electron chi connectivity index (χ3n) is 3.32. The maximum Gasteiger partial charge on any atom is 0.0653 e. The Morgan fingerprint density at radius 2 is 1.95 bits per heavy atom. The molecule has 0 radical (unpaired) electrons. The van der Waals surface area contributed by atoms with Crippen molar-refractivity contribution in [1.29, 1.82) is 0 Å². The zero-order valence-electron chi connectivity index (χ0n) is 12.4. The molecule has 104 valence electrons. The Kier molecular flexibility index (Phi) is 4.04. The summed E-state index contributed by atoms with van der Waals surface area (Å²) in [6.07, 6.45) is 2.06. The van der Waals surface area contributed by atoms with Crippen LogP contribution in [-0.4, -0.2) is 19.6 Å². The first-order valence-corrected chi connectivity index (χ1v) is 6.70. The van der Waals surface area contributed by atoms with Crippen LogP contribution in [0.5, 0.6) is 0 Å². The second-order valence-corrected chi connectivity index (χ2v) is 5.36. The first kappa shape index (κ1) is 13.8. The second kappa shape index (κ2) is 5.57. The topological polar surface area (TPSA) is 47.7 Å². The van der Waals surface area contributed by atoms with Gasteiger partial charge in [-0.3, -0.25) is 9.36 Å². The van der Waals surface area contributed by atoms with Crippen molar-refractivity contribution in [2.24, 2.45) is 14.1 Å². The van der Waals surface area contributed by atoms with E-state index in [-0.39, 0.29) is 0 Å². The highest BCUT2D eigenvalue weighted by molar-refractivity contribution is 5.16. The summed E-state index contributed by atoms with van der Waals surface area (Å²) in [5, 5.41) is 12.3. The molecule has 0 aliphatic carbocycles.